The van der Waals surface area contributed by atoms with Crippen LogP contribution in [0, 0.1) is 0 Å². The fraction of sp³-hybridized carbons (Fsp3) is 0.938. The lowest BCUT2D eigenvalue weighted by Crippen LogP contribution is -2.49. The van der Waals surface area contributed by atoms with Crippen molar-refractivity contribution in [1.82, 2.24) is 15.1 Å². The molecule has 2 atom stereocenters. The van der Waals surface area contributed by atoms with Crippen molar-refractivity contribution >= 4 is 5.97 Å². The number of likely N-dealkylation sites (N-methyl/N-ethyl adjacent to an activating group) is 1. The van der Waals surface area contributed by atoms with Gasteiger partial charge in [-0.3, -0.25) is 4.79 Å². The van der Waals surface area contributed by atoms with E-state index < -0.39 is 11.5 Å². The second-order valence-electron chi connectivity index (χ2n) is 6.73. The predicted molar refractivity (Wildman–Crippen MR) is 86.7 cm³/mol. The highest BCUT2D eigenvalue weighted by Gasteiger charge is 2.31. The van der Waals surface area contributed by atoms with E-state index in [1.807, 2.05) is 6.92 Å². The maximum absolute atomic E-state index is 11.4. The lowest BCUT2D eigenvalue weighted by Gasteiger charge is -2.26. The predicted octanol–water partition coefficient (Wildman–Crippen LogP) is 1.64. The van der Waals surface area contributed by atoms with Crippen LogP contribution in [0.4, 0.5) is 0 Å². The number of rotatable bonds is 10. The molecule has 1 heterocycles. The van der Waals surface area contributed by atoms with E-state index in [0.29, 0.717) is 12.5 Å². The van der Waals surface area contributed by atoms with Crippen molar-refractivity contribution in [3.8, 4) is 0 Å². The van der Waals surface area contributed by atoms with Gasteiger partial charge in [0.05, 0.1) is 0 Å². The van der Waals surface area contributed by atoms with Crippen molar-refractivity contribution < 1.29 is 9.90 Å². The van der Waals surface area contributed by atoms with Crippen LogP contribution in [0.3, 0.4) is 0 Å². The van der Waals surface area contributed by atoms with Gasteiger partial charge in [0.15, 0.2) is 0 Å². The molecule has 0 aliphatic carbocycles. The molecule has 1 saturated heterocycles. The van der Waals surface area contributed by atoms with E-state index in [4.69, 9.17) is 0 Å². The number of carboxylic acids is 1. The number of carbonyl (C=O) groups is 1. The van der Waals surface area contributed by atoms with E-state index >= 15 is 0 Å². The van der Waals surface area contributed by atoms with Gasteiger partial charge < -0.3 is 20.2 Å². The minimum Gasteiger partial charge on any atom is -0.480 e. The SMILES string of the molecule is CCCNC(C)(CCCCN1CCC(N(C)C)C1)C(=O)O. The standard InChI is InChI=1S/C16H33N3O2/c1-5-10-17-16(2,15(20)21)9-6-7-11-19-12-8-14(13-19)18(3)4/h14,17H,5-13H2,1-4H3,(H,20,21). The van der Waals surface area contributed by atoms with E-state index in [9.17, 15) is 9.90 Å². The number of nitrogens with one attached hydrogen (secondary N) is 1. The molecule has 21 heavy (non-hydrogen) atoms. The van der Waals surface area contributed by atoms with Gasteiger partial charge >= 0.3 is 5.97 Å². The smallest absolute Gasteiger partial charge is 0.323 e. The molecule has 5 heteroatoms. The number of hydrogen-bond acceptors (Lipinski definition) is 4. The molecular formula is C16H33N3O2. The Morgan fingerprint density at radius 2 is 2.14 bits per heavy atom. The van der Waals surface area contributed by atoms with Crippen molar-refractivity contribution in [3.05, 3.63) is 0 Å². The van der Waals surface area contributed by atoms with Crippen LogP contribution in [0.15, 0.2) is 0 Å². The van der Waals surface area contributed by atoms with Gasteiger partial charge in [-0.25, -0.2) is 0 Å². The monoisotopic (exact) mass is 299 g/mol. The van der Waals surface area contributed by atoms with Gasteiger partial charge in [0.1, 0.15) is 5.54 Å². The van der Waals surface area contributed by atoms with Gasteiger partial charge in [0, 0.05) is 12.6 Å². The molecule has 2 unspecified atom stereocenters. The van der Waals surface area contributed by atoms with E-state index in [-0.39, 0.29) is 0 Å². The average Bonchev–Trinajstić information content (AvgIpc) is 2.90. The molecule has 1 fully saturated rings. The molecular weight excluding hydrogens is 266 g/mol. The van der Waals surface area contributed by atoms with Crippen molar-refractivity contribution in [3.63, 3.8) is 0 Å². The quantitative estimate of drug-likeness (QED) is 0.601. The Hall–Kier alpha value is -0.650. The zero-order valence-electron chi connectivity index (χ0n) is 14.2. The molecule has 0 saturated carbocycles. The third-order valence-electron chi connectivity index (χ3n) is 4.62. The first-order valence-corrected chi connectivity index (χ1v) is 8.26. The molecule has 0 aromatic carbocycles. The number of unbranched alkanes of at least 4 members (excludes halogenated alkanes) is 1. The van der Waals surface area contributed by atoms with Gasteiger partial charge in [-0.2, -0.15) is 0 Å². The fourth-order valence-electron chi connectivity index (χ4n) is 2.92. The normalized spacial score (nSPS) is 22.6. The summed E-state index contributed by atoms with van der Waals surface area (Å²) < 4.78 is 0. The molecule has 0 amide bonds. The molecule has 1 rings (SSSR count). The first-order chi connectivity index (χ1) is 9.89. The van der Waals surface area contributed by atoms with Crippen LogP contribution in [-0.4, -0.2) is 72.7 Å². The summed E-state index contributed by atoms with van der Waals surface area (Å²) in [5.41, 5.74) is -0.771. The van der Waals surface area contributed by atoms with Crippen LogP contribution in [-0.2, 0) is 4.79 Å². The van der Waals surface area contributed by atoms with E-state index in [1.54, 1.807) is 0 Å². The lowest BCUT2D eigenvalue weighted by molar-refractivity contribution is -0.144. The maximum Gasteiger partial charge on any atom is 0.323 e. The molecule has 0 aromatic heterocycles. The summed E-state index contributed by atoms with van der Waals surface area (Å²) in [5.74, 6) is -0.732. The highest BCUT2D eigenvalue weighted by atomic mass is 16.4. The van der Waals surface area contributed by atoms with Crippen LogP contribution in [0.2, 0.25) is 0 Å². The third kappa shape index (κ3) is 5.93. The van der Waals surface area contributed by atoms with Crippen LogP contribution >= 0.6 is 0 Å². The Morgan fingerprint density at radius 3 is 2.67 bits per heavy atom. The van der Waals surface area contributed by atoms with Gasteiger partial charge in [-0.15, -0.1) is 0 Å². The summed E-state index contributed by atoms with van der Waals surface area (Å²) in [5, 5.41) is 12.6. The van der Waals surface area contributed by atoms with Crippen LogP contribution in [0.5, 0.6) is 0 Å². The number of hydrogen-bond donors (Lipinski definition) is 2. The second-order valence-corrected chi connectivity index (χ2v) is 6.73. The molecule has 0 bridgehead atoms. The summed E-state index contributed by atoms with van der Waals surface area (Å²) >= 11 is 0. The molecule has 0 spiro atoms. The third-order valence-corrected chi connectivity index (χ3v) is 4.62. The Bertz CT molecular complexity index is 323. The van der Waals surface area contributed by atoms with E-state index in [1.165, 1.54) is 13.0 Å². The molecule has 2 N–H and O–H groups in total. The summed E-state index contributed by atoms with van der Waals surface area (Å²) in [6.07, 6.45) is 4.95. The largest absolute Gasteiger partial charge is 0.480 e. The average molecular weight is 299 g/mol. The Balaban J connectivity index is 2.24. The minimum absolute atomic E-state index is 0.681. The highest BCUT2D eigenvalue weighted by Crippen LogP contribution is 2.17. The van der Waals surface area contributed by atoms with E-state index in [0.717, 1.165) is 38.9 Å². The molecule has 1 aliphatic heterocycles. The summed E-state index contributed by atoms with van der Waals surface area (Å²) in [4.78, 5) is 16.2. The van der Waals surface area contributed by atoms with Gasteiger partial charge in [0.25, 0.3) is 0 Å². The second kappa shape index (κ2) is 8.71. The molecule has 0 radical (unpaired) electrons. The minimum atomic E-state index is -0.771. The first kappa shape index (κ1) is 18.4. The number of nitrogens with zero attached hydrogens (tertiary/aromatic N) is 2. The van der Waals surface area contributed by atoms with Gasteiger partial charge in [-0.1, -0.05) is 6.92 Å². The van der Waals surface area contributed by atoms with Crippen molar-refractivity contribution in [1.29, 1.82) is 0 Å². The van der Waals surface area contributed by atoms with Crippen LogP contribution in [0.25, 0.3) is 0 Å². The molecule has 124 valence electrons. The van der Waals surface area contributed by atoms with Crippen molar-refractivity contribution in [2.75, 3.05) is 40.3 Å². The van der Waals surface area contributed by atoms with Crippen molar-refractivity contribution in [2.45, 2.75) is 57.5 Å². The Kier molecular flexibility index (Phi) is 7.63. The summed E-state index contributed by atoms with van der Waals surface area (Å²) in [6, 6.07) is 0.681. The maximum atomic E-state index is 11.4. The molecule has 5 nitrogen and oxygen atoms in total. The van der Waals surface area contributed by atoms with Crippen molar-refractivity contribution in [2.24, 2.45) is 0 Å². The summed E-state index contributed by atoms with van der Waals surface area (Å²) in [7, 11) is 4.29. The zero-order valence-corrected chi connectivity index (χ0v) is 14.2. The van der Waals surface area contributed by atoms with Crippen LogP contribution < -0.4 is 5.32 Å². The number of carboxylic acid groups (broad SMARTS) is 1. The van der Waals surface area contributed by atoms with Crippen LogP contribution in [0.1, 0.15) is 46.0 Å². The topological polar surface area (TPSA) is 55.8 Å². The lowest BCUT2D eigenvalue weighted by atomic mass is 9.94. The molecule has 0 aromatic rings. The van der Waals surface area contributed by atoms with E-state index in [2.05, 4.69) is 36.1 Å². The zero-order chi connectivity index (χ0) is 15.9. The first-order valence-electron chi connectivity index (χ1n) is 8.26. The fourth-order valence-corrected chi connectivity index (χ4v) is 2.92. The highest BCUT2D eigenvalue weighted by molar-refractivity contribution is 5.78. The summed E-state index contributed by atoms with van der Waals surface area (Å²) in [6.45, 7) is 8.05. The number of aliphatic carboxylic acids is 1. The molecule has 1 aliphatic rings. The Morgan fingerprint density at radius 1 is 1.43 bits per heavy atom. The van der Waals surface area contributed by atoms with Gasteiger partial charge in [-0.05, 0) is 72.8 Å². The number of likely N-dealkylation sites (tertiary alicyclic amines) is 1. The van der Waals surface area contributed by atoms with Gasteiger partial charge in [0.2, 0.25) is 0 Å². The Labute approximate surface area is 129 Å².